The van der Waals surface area contributed by atoms with Crippen LogP contribution in [0.15, 0.2) is 70.7 Å². The molecule has 0 radical (unpaired) electrons. The van der Waals surface area contributed by atoms with E-state index in [1.807, 2.05) is 10.5 Å². The highest BCUT2D eigenvalue weighted by atomic mass is 32.2. The number of aromatic nitrogens is 4. The largest absolute Gasteiger partial charge is 0.434 e. The van der Waals surface area contributed by atoms with Crippen LogP contribution in [0.4, 0.5) is 19.0 Å². The first-order chi connectivity index (χ1) is 17.8. The minimum absolute atomic E-state index is 0.0453. The Bertz CT molecular complexity index is 1620. The van der Waals surface area contributed by atoms with Gasteiger partial charge >= 0.3 is 6.18 Å². The highest BCUT2D eigenvalue weighted by Crippen LogP contribution is 2.51. The van der Waals surface area contributed by atoms with Gasteiger partial charge in [0.1, 0.15) is 11.2 Å². The monoisotopic (exact) mass is 520 g/mol. The van der Waals surface area contributed by atoms with Crippen LogP contribution in [0.25, 0.3) is 16.8 Å². The molecule has 5 aromatic rings. The molecule has 37 heavy (non-hydrogen) atoms. The van der Waals surface area contributed by atoms with E-state index in [0.29, 0.717) is 10.5 Å². The summed E-state index contributed by atoms with van der Waals surface area (Å²) in [5.74, 6) is 0.862. The summed E-state index contributed by atoms with van der Waals surface area (Å²) in [4.78, 5) is 16.0. The molecule has 6 nitrogen and oxygen atoms in total. The molecule has 188 valence electrons. The molecular formula is C27H23F3N6S. The molecule has 5 heterocycles. The van der Waals surface area contributed by atoms with Crippen LogP contribution in [-0.4, -0.2) is 32.4 Å². The summed E-state index contributed by atoms with van der Waals surface area (Å²) in [5, 5.41) is 0. The molecule has 0 bridgehead atoms. The van der Waals surface area contributed by atoms with Crippen LogP contribution in [0.3, 0.4) is 0 Å². The number of nitrogens with two attached hydrogens (primary N) is 1. The number of hydrogen-bond acceptors (Lipinski definition) is 6. The van der Waals surface area contributed by atoms with Crippen molar-refractivity contribution in [2.75, 3.05) is 18.0 Å². The summed E-state index contributed by atoms with van der Waals surface area (Å²) < 4.78 is 42.4. The van der Waals surface area contributed by atoms with Gasteiger partial charge in [0.15, 0.2) is 17.2 Å². The molecule has 0 amide bonds. The molecule has 2 aliphatic rings. The molecule has 1 aromatic carbocycles. The van der Waals surface area contributed by atoms with E-state index in [1.54, 1.807) is 12.3 Å². The van der Waals surface area contributed by atoms with Crippen LogP contribution in [0, 0.1) is 5.41 Å². The summed E-state index contributed by atoms with van der Waals surface area (Å²) in [5.41, 5.74) is 10.7. The zero-order valence-electron chi connectivity index (χ0n) is 19.7. The zero-order valence-corrected chi connectivity index (χ0v) is 20.6. The van der Waals surface area contributed by atoms with Gasteiger partial charge in [0, 0.05) is 30.2 Å². The fourth-order valence-corrected chi connectivity index (χ4v) is 7.07. The maximum absolute atomic E-state index is 13.5. The number of halogens is 3. The summed E-state index contributed by atoms with van der Waals surface area (Å²) in [6, 6.07) is 15.1. The van der Waals surface area contributed by atoms with Crippen molar-refractivity contribution in [1.29, 1.82) is 0 Å². The van der Waals surface area contributed by atoms with E-state index in [0.717, 1.165) is 67.3 Å². The van der Waals surface area contributed by atoms with Gasteiger partial charge in [-0.2, -0.15) is 13.2 Å². The van der Waals surface area contributed by atoms with Gasteiger partial charge in [-0.05, 0) is 60.1 Å². The number of pyridine rings is 2. The van der Waals surface area contributed by atoms with Crippen LogP contribution in [0.5, 0.6) is 0 Å². The van der Waals surface area contributed by atoms with Gasteiger partial charge in [-0.3, -0.25) is 9.38 Å². The first kappa shape index (κ1) is 22.8. The van der Waals surface area contributed by atoms with Crippen LogP contribution >= 0.6 is 11.8 Å². The number of piperidine rings is 1. The third-order valence-corrected chi connectivity index (χ3v) is 9.04. The third kappa shape index (κ3) is 3.49. The lowest BCUT2D eigenvalue weighted by molar-refractivity contribution is -0.143. The van der Waals surface area contributed by atoms with E-state index in [2.05, 4.69) is 39.1 Å². The van der Waals surface area contributed by atoms with E-state index in [-0.39, 0.29) is 16.4 Å². The molecule has 0 saturated carbocycles. The summed E-state index contributed by atoms with van der Waals surface area (Å²) in [6.45, 7) is 1.68. The lowest BCUT2D eigenvalue weighted by atomic mass is 9.73. The smallest absolute Gasteiger partial charge is 0.355 e. The fourth-order valence-electron chi connectivity index (χ4n) is 6.05. The van der Waals surface area contributed by atoms with Gasteiger partial charge in [-0.1, -0.05) is 36.0 Å². The first-order valence-corrected chi connectivity index (χ1v) is 13.0. The quantitative estimate of drug-likeness (QED) is 0.328. The molecule has 1 spiro atoms. The standard InChI is InChI=1S/C27H23F3N6S/c28-27(29,30)23-19(6-3-11-32-23)37-20-7-8-21-34-24(18-15-33-25(20)36(18)21)35-12-9-26(10-13-35)14-16-4-1-2-5-17(16)22(26)31/h1-8,11,15,22H,9-10,12-14,31H2/t22-/m1/s1. The van der Waals surface area contributed by atoms with E-state index in [9.17, 15) is 13.2 Å². The van der Waals surface area contributed by atoms with Crippen molar-refractivity contribution >= 4 is 34.4 Å². The number of benzene rings is 1. The Hall–Kier alpha value is -3.37. The maximum Gasteiger partial charge on any atom is 0.434 e. The summed E-state index contributed by atoms with van der Waals surface area (Å²) in [6.07, 6.45) is 1.36. The van der Waals surface area contributed by atoms with E-state index >= 15 is 0 Å². The van der Waals surface area contributed by atoms with Crippen molar-refractivity contribution in [2.45, 2.75) is 41.3 Å². The molecular weight excluding hydrogens is 497 g/mol. The number of alkyl halides is 3. The molecule has 1 saturated heterocycles. The van der Waals surface area contributed by atoms with Crippen molar-refractivity contribution < 1.29 is 13.2 Å². The van der Waals surface area contributed by atoms with Crippen LogP contribution in [0.2, 0.25) is 0 Å². The zero-order chi connectivity index (χ0) is 25.4. The average molecular weight is 521 g/mol. The highest BCUT2D eigenvalue weighted by molar-refractivity contribution is 7.99. The highest BCUT2D eigenvalue weighted by Gasteiger charge is 2.46. The van der Waals surface area contributed by atoms with Crippen LogP contribution < -0.4 is 10.6 Å². The van der Waals surface area contributed by atoms with Gasteiger partial charge in [-0.25, -0.2) is 9.97 Å². The Balaban J connectivity index is 1.18. The maximum atomic E-state index is 13.5. The molecule has 4 aromatic heterocycles. The van der Waals surface area contributed by atoms with Gasteiger partial charge in [0.25, 0.3) is 0 Å². The second kappa shape index (κ2) is 8.06. The average Bonchev–Trinajstić information content (AvgIpc) is 3.56. The minimum atomic E-state index is -4.53. The SMILES string of the molecule is N[C@@H]1c2ccccc2CC12CCN(c1nc3ccc(Sc4cccnc4C(F)(F)F)c4ncc1n34)CC2. The molecule has 1 atom stereocenters. The topological polar surface area (TPSA) is 72.3 Å². The van der Waals surface area contributed by atoms with Gasteiger partial charge in [-0.15, -0.1) is 0 Å². The lowest BCUT2D eigenvalue weighted by Gasteiger charge is -2.42. The van der Waals surface area contributed by atoms with Crippen molar-refractivity contribution in [1.82, 2.24) is 19.4 Å². The first-order valence-electron chi connectivity index (χ1n) is 12.2. The fraction of sp³-hybridized carbons (Fsp3) is 0.296. The molecule has 1 fully saturated rings. The van der Waals surface area contributed by atoms with Crippen molar-refractivity contribution in [2.24, 2.45) is 11.1 Å². The molecule has 1 aliphatic carbocycles. The van der Waals surface area contributed by atoms with Crippen LogP contribution in [-0.2, 0) is 12.6 Å². The number of anilines is 1. The minimum Gasteiger partial charge on any atom is -0.355 e. The van der Waals surface area contributed by atoms with Crippen molar-refractivity contribution in [3.63, 3.8) is 0 Å². The summed E-state index contributed by atoms with van der Waals surface area (Å²) in [7, 11) is 0. The molecule has 10 heteroatoms. The predicted octanol–water partition coefficient (Wildman–Crippen LogP) is 5.73. The van der Waals surface area contributed by atoms with Crippen molar-refractivity contribution in [3.05, 3.63) is 77.7 Å². The molecule has 2 N–H and O–H groups in total. The lowest BCUT2D eigenvalue weighted by Crippen LogP contribution is -2.44. The number of hydrogen-bond donors (Lipinski definition) is 1. The Morgan fingerprint density at radius 2 is 1.78 bits per heavy atom. The normalized spacial score (nSPS) is 19.4. The van der Waals surface area contributed by atoms with Crippen LogP contribution in [0.1, 0.15) is 35.7 Å². The van der Waals surface area contributed by atoms with E-state index in [1.165, 1.54) is 23.3 Å². The van der Waals surface area contributed by atoms with Gasteiger partial charge in [0.2, 0.25) is 0 Å². The number of fused-ring (bicyclic) bond motifs is 1. The Labute approximate surface area is 215 Å². The molecule has 1 aliphatic heterocycles. The second-order valence-electron chi connectivity index (χ2n) is 9.95. The Morgan fingerprint density at radius 3 is 2.57 bits per heavy atom. The Kier molecular flexibility index (Phi) is 4.97. The molecule has 0 unspecified atom stereocenters. The predicted molar refractivity (Wildman–Crippen MR) is 136 cm³/mol. The second-order valence-corrected chi connectivity index (χ2v) is 11.0. The van der Waals surface area contributed by atoms with Gasteiger partial charge in [0.05, 0.1) is 11.1 Å². The number of rotatable bonds is 3. The van der Waals surface area contributed by atoms with E-state index < -0.39 is 11.9 Å². The number of nitrogens with zero attached hydrogens (tertiary/aromatic N) is 5. The number of imidazole rings is 2. The molecule has 7 rings (SSSR count). The summed E-state index contributed by atoms with van der Waals surface area (Å²) >= 11 is 1.02. The van der Waals surface area contributed by atoms with E-state index in [4.69, 9.17) is 10.7 Å². The van der Waals surface area contributed by atoms with Crippen molar-refractivity contribution in [3.8, 4) is 0 Å². The Morgan fingerprint density at radius 1 is 0.973 bits per heavy atom. The third-order valence-electron chi connectivity index (χ3n) is 7.95. The van der Waals surface area contributed by atoms with Gasteiger partial charge < -0.3 is 10.6 Å².